The number of likely N-dealkylation sites (N-methyl/N-ethyl adjacent to an activating group) is 1. The van der Waals surface area contributed by atoms with Crippen molar-refractivity contribution in [2.75, 3.05) is 39.8 Å². The zero-order chi connectivity index (χ0) is 16.0. The molecule has 6 heteroatoms. The van der Waals surface area contributed by atoms with Crippen molar-refractivity contribution in [3.05, 3.63) is 0 Å². The lowest BCUT2D eigenvalue weighted by atomic mass is 9.88. The molecule has 0 radical (unpaired) electrons. The SMILES string of the molecule is CCOC(=O)C(C)(C)C(=O)CN(C)CC(=O)N1CCCC1. The molecule has 21 heavy (non-hydrogen) atoms. The van der Waals surface area contributed by atoms with Gasteiger partial charge in [-0.2, -0.15) is 0 Å². The molecule has 0 unspecified atom stereocenters. The van der Waals surface area contributed by atoms with Crippen LogP contribution >= 0.6 is 0 Å². The van der Waals surface area contributed by atoms with Gasteiger partial charge in [0.05, 0.1) is 19.7 Å². The smallest absolute Gasteiger partial charge is 0.319 e. The van der Waals surface area contributed by atoms with Crippen LogP contribution in [0.15, 0.2) is 0 Å². The van der Waals surface area contributed by atoms with E-state index in [0.717, 1.165) is 25.9 Å². The zero-order valence-corrected chi connectivity index (χ0v) is 13.5. The van der Waals surface area contributed by atoms with Gasteiger partial charge in [-0.1, -0.05) is 0 Å². The van der Waals surface area contributed by atoms with Crippen LogP contribution in [0.1, 0.15) is 33.6 Å². The van der Waals surface area contributed by atoms with Crippen molar-refractivity contribution in [3.8, 4) is 0 Å². The van der Waals surface area contributed by atoms with Crippen molar-refractivity contribution in [1.82, 2.24) is 9.80 Å². The summed E-state index contributed by atoms with van der Waals surface area (Å²) in [7, 11) is 1.72. The largest absolute Gasteiger partial charge is 0.465 e. The molecule has 1 fully saturated rings. The van der Waals surface area contributed by atoms with Gasteiger partial charge in [0.1, 0.15) is 5.41 Å². The number of amides is 1. The van der Waals surface area contributed by atoms with E-state index in [4.69, 9.17) is 4.74 Å². The number of rotatable bonds is 7. The number of carbonyl (C=O) groups is 3. The number of hydrogen-bond donors (Lipinski definition) is 0. The molecule has 0 atom stereocenters. The number of ketones is 1. The van der Waals surface area contributed by atoms with Crippen molar-refractivity contribution in [2.24, 2.45) is 5.41 Å². The van der Waals surface area contributed by atoms with Crippen LogP contribution in [0.5, 0.6) is 0 Å². The molecule has 6 nitrogen and oxygen atoms in total. The third kappa shape index (κ3) is 4.81. The predicted octanol–water partition coefficient (Wildman–Crippen LogP) is 0.699. The molecule has 0 aromatic carbocycles. The Balaban J connectivity index is 2.49. The van der Waals surface area contributed by atoms with Crippen molar-refractivity contribution >= 4 is 17.7 Å². The summed E-state index contributed by atoms with van der Waals surface area (Å²) in [6.07, 6.45) is 2.09. The molecule has 0 aliphatic carbocycles. The molecule has 0 bridgehead atoms. The van der Waals surface area contributed by atoms with E-state index in [1.165, 1.54) is 0 Å². The second-order valence-electron chi connectivity index (χ2n) is 6.03. The summed E-state index contributed by atoms with van der Waals surface area (Å²) < 4.78 is 4.92. The molecule has 1 heterocycles. The van der Waals surface area contributed by atoms with E-state index < -0.39 is 11.4 Å². The number of likely N-dealkylation sites (tertiary alicyclic amines) is 1. The highest BCUT2D eigenvalue weighted by molar-refractivity contribution is 6.04. The fourth-order valence-electron chi connectivity index (χ4n) is 2.22. The average molecular weight is 298 g/mol. The maximum absolute atomic E-state index is 12.2. The van der Waals surface area contributed by atoms with E-state index in [1.807, 2.05) is 4.90 Å². The van der Waals surface area contributed by atoms with Crippen LogP contribution in [-0.2, 0) is 19.1 Å². The van der Waals surface area contributed by atoms with Crippen LogP contribution in [0.25, 0.3) is 0 Å². The first-order chi connectivity index (χ1) is 9.78. The second-order valence-corrected chi connectivity index (χ2v) is 6.03. The summed E-state index contributed by atoms with van der Waals surface area (Å²) in [5.41, 5.74) is -1.18. The topological polar surface area (TPSA) is 66.9 Å². The third-order valence-corrected chi connectivity index (χ3v) is 3.76. The molecule has 1 amide bonds. The Morgan fingerprint density at radius 2 is 1.71 bits per heavy atom. The van der Waals surface area contributed by atoms with Gasteiger partial charge in [0.15, 0.2) is 5.78 Å². The molecule has 1 rings (SSSR count). The van der Waals surface area contributed by atoms with Gasteiger partial charge in [0.25, 0.3) is 0 Å². The number of carbonyl (C=O) groups excluding carboxylic acids is 3. The minimum Gasteiger partial charge on any atom is -0.465 e. The molecule has 1 aliphatic rings. The zero-order valence-electron chi connectivity index (χ0n) is 13.5. The molecule has 120 valence electrons. The highest BCUT2D eigenvalue weighted by Crippen LogP contribution is 2.19. The first-order valence-corrected chi connectivity index (χ1v) is 7.46. The monoisotopic (exact) mass is 298 g/mol. The normalized spacial score (nSPS) is 15.4. The van der Waals surface area contributed by atoms with Crippen molar-refractivity contribution < 1.29 is 19.1 Å². The van der Waals surface area contributed by atoms with Gasteiger partial charge in [-0.25, -0.2) is 0 Å². The van der Waals surface area contributed by atoms with E-state index in [2.05, 4.69) is 0 Å². The van der Waals surface area contributed by atoms with Gasteiger partial charge in [0.2, 0.25) is 5.91 Å². The van der Waals surface area contributed by atoms with Gasteiger partial charge in [-0.15, -0.1) is 0 Å². The first-order valence-electron chi connectivity index (χ1n) is 7.46. The predicted molar refractivity (Wildman–Crippen MR) is 78.7 cm³/mol. The lowest BCUT2D eigenvalue weighted by Crippen LogP contribution is -2.44. The van der Waals surface area contributed by atoms with E-state index in [-0.39, 0.29) is 31.4 Å². The van der Waals surface area contributed by atoms with Crippen LogP contribution in [0.3, 0.4) is 0 Å². The summed E-state index contributed by atoms with van der Waals surface area (Å²) in [6.45, 7) is 6.94. The molecule has 0 N–H and O–H groups in total. The van der Waals surface area contributed by atoms with Crippen LogP contribution in [0, 0.1) is 5.41 Å². The van der Waals surface area contributed by atoms with E-state index >= 15 is 0 Å². The second kappa shape index (κ2) is 7.54. The number of hydrogen-bond acceptors (Lipinski definition) is 5. The first kappa shape index (κ1) is 17.6. The Bertz CT molecular complexity index is 400. The minimum absolute atomic E-state index is 0.0386. The lowest BCUT2D eigenvalue weighted by molar-refractivity contribution is -0.158. The highest BCUT2D eigenvalue weighted by atomic mass is 16.5. The number of Topliss-reactive ketones (excluding diaryl/α,β-unsaturated/α-hetero) is 1. The highest BCUT2D eigenvalue weighted by Gasteiger charge is 2.37. The molecule has 0 aromatic heterocycles. The standard InChI is InChI=1S/C15H26N2O4/c1-5-21-14(20)15(2,3)12(18)10-16(4)11-13(19)17-8-6-7-9-17/h5-11H2,1-4H3. The Hall–Kier alpha value is -1.43. The Labute approximate surface area is 126 Å². The minimum atomic E-state index is -1.18. The molecule has 1 saturated heterocycles. The fourth-order valence-corrected chi connectivity index (χ4v) is 2.22. The molecule has 1 aliphatic heterocycles. The number of esters is 1. The van der Waals surface area contributed by atoms with Crippen LogP contribution in [0.2, 0.25) is 0 Å². The van der Waals surface area contributed by atoms with Gasteiger partial charge in [0, 0.05) is 13.1 Å². The number of ether oxygens (including phenoxy) is 1. The summed E-state index contributed by atoms with van der Waals surface area (Å²) in [4.78, 5) is 39.5. The molecule has 0 aromatic rings. The van der Waals surface area contributed by atoms with Crippen molar-refractivity contribution in [3.63, 3.8) is 0 Å². The molecule has 0 spiro atoms. The fraction of sp³-hybridized carbons (Fsp3) is 0.800. The number of nitrogens with zero attached hydrogens (tertiary/aromatic N) is 2. The molecule has 0 saturated carbocycles. The molecular formula is C15H26N2O4. The van der Waals surface area contributed by atoms with E-state index in [0.29, 0.717) is 0 Å². The summed E-state index contributed by atoms with van der Waals surface area (Å²) in [5, 5.41) is 0. The average Bonchev–Trinajstić information content (AvgIpc) is 2.92. The molecular weight excluding hydrogens is 272 g/mol. The summed E-state index contributed by atoms with van der Waals surface area (Å²) >= 11 is 0. The van der Waals surface area contributed by atoms with E-state index in [9.17, 15) is 14.4 Å². The maximum atomic E-state index is 12.2. The summed E-state index contributed by atoms with van der Waals surface area (Å²) in [6, 6.07) is 0. The van der Waals surface area contributed by atoms with Crippen molar-refractivity contribution in [2.45, 2.75) is 33.6 Å². The quantitative estimate of drug-likeness (QED) is 0.511. The third-order valence-electron chi connectivity index (χ3n) is 3.76. The lowest BCUT2D eigenvalue weighted by Gasteiger charge is -2.25. The van der Waals surface area contributed by atoms with Crippen molar-refractivity contribution in [1.29, 1.82) is 0 Å². The Morgan fingerprint density at radius 3 is 2.24 bits per heavy atom. The maximum Gasteiger partial charge on any atom is 0.319 e. The Morgan fingerprint density at radius 1 is 1.14 bits per heavy atom. The summed E-state index contributed by atoms with van der Waals surface area (Å²) in [5.74, 6) is -0.719. The van der Waals surface area contributed by atoms with Gasteiger partial charge in [-0.05, 0) is 40.7 Å². The van der Waals surface area contributed by atoms with Crippen LogP contribution in [0.4, 0.5) is 0 Å². The van der Waals surface area contributed by atoms with Crippen LogP contribution < -0.4 is 0 Å². The van der Waals surface area contributed by atoms with Gasteiger partial charge < -0.3 is 9.64 Å². The van der Waals surface area contributed by atoms with Gasteiger partial charge in [-0.3, -0.25) is 19.3 Å². The van der Waals surface area contributed by atoms with Crippen LogP contribution in [-0.4, -0.2) is 67.3 Å². The van der Waals surface area contributed by atoms with E-state index in [1.54, 1.807) is 32.7 Å². The van der Waals surface area contributed by atoms with Gasteiger partial charge >= 0.3 is 5.97 Å². The Kier molecular flexibility index (Phi) is 6.33.